The van der Waals surface area contributed by atoms with Gasteiger partial charge in [0.1, 0.15) is 5.75 Å². The Kier molecular flexibility index (Phi) is 5.75. The minimum atomic E-state index is -1.56. The number of methoxy groups -OCH3 is 1. The van der Waals surface area contributed by atoms with Crippen LogP contribution >= 0.6 is 11.3 Å². The molecule has 0 spiro atoms. The fraction of sp³-hybridized carbons (Fsp3) is 0.357. The molecule has 2 rings (SSSR count). The summed E-state index contributed by atoms with van der Waals surface area (Å²) >= 11 is 1.63. The zero-order valence-corrected chi connectivity index (χ0v) is 12.9. The second-order valence-corrected chi connectivity index (χ2v) is 5.55. The summed E-state index contributed by atoms with van der Waals surface area (Å²) in [7, 11) is -0.0610. The highest BCUT2D eigenvalue weighted by Crippen LogP contribution is 2.14. The van der Waals surface area contributed by atoms with Crippen LogP contribution in [0.25, 0.3) is 0 Å². The van der Waals surface area contributed by atoms with Crippen molar-refractivity contribution in [2.45, 2.75) is 20.0 Å². The molecule has 0 amide bonds. The summed E-state index contributed by atoms with van der Waals surface area (Å²) in [6.45, 7) is 3.01. The van der Waals surface area contributed by atoms with E-state index in [9.17, 15) is 10.0 Å². The number of ether oxygens (including phenoxy) is 2. The average molecular weight is 307 g/mol. The maximum Gasteiger partial charge on any atom is 0.492 e. The molecule has 0 fully saturated rings. The lowest BCUT2D eigenvalue weighted by Crippen LogP contribution is -2.31. The largest absolute Gasteiger partial charge is 0.497 e. The maximum atomic E-state index is 9.32. The first kappa shape index (κ1) is 16.0. The van der Waals surface area contributed by atoms with Gasteiger partial charge in [0, 0.05) is 16.8 Å². The molecule has 0 atom stereocenters. The molecule has 0 saturated carbocycles. The van der Waals surface area contributed by atoms with Crippen molar-refractivity contribution in [3.63, 3.8) is 0 Å². The molecule has 1 heterocycles. The fourth-order valence-electron chi connectivity index (χ4n) is 2.00. The molecule has 0 unspecified atom stereocenters. The molecule has 0 radical (unpaired) electrons. The smallest absolute Gasteiger partial charge is 0.492 e. The summed E-state index contributed by atoms with van der Waals surface area (Å²) in [6.07, 6.45) is 0.835. The summed E-state index contributed by atoms with van der Waals surface area (Å²) in [5.74, 6) is 0.453. The van der Waals surface area contributed by atoms with Crippen LogP contribution in [0.4, 0.5) is 0 Å². The van der Waals surface area contributed by atoms with Crippen LogP contribution in [0.5, 0.6) is 5.75 Å². The van der Waals surface area contributed by atoms with Gasteiger partial charge in [0.05, 0.1) is 31.5 Å². The Morgan fingerprint density at radius 2 is 2.14 bits per heavy atom. The van der Waals surface area contributed by atoms with E-state index in [1.165, 1.54) is 12.0 Å². The van der Waals surface area contributed by atoms with E-state index >= 15 is 0 Å². The molecule has 1 aromatic heterocycles. The fourth-order valence-corrected chi connectivity index (χ4v) is 2.76. The van der Waals surface area contributed by atoms with Gasteiger partial charge < -0.3 is 19.5 Å². The Bertz CT molecular complexity index is 588. The van der Waals surface area contributed by atoms with Crippen molar-refractivity contribution in [2.24, 2.45) is 0 Å². The van der Waals surface area contributed by atoms with E-state index in [0.717, 1.165) is 17.7 Å². The Hall–Kier alpha value is -1.41. The molecule has 21 heavy (non-hydrogen) atoms. The highest BCUT2D eigenvalue weighted by molar-refractivity contribution is 7.09. The van der Waals surface area contributed by atoms with Crippen LogP contribution in [0, 0.1) is 6.92 Å². The Balaban J connectivity index is 1.88. The summed E-state index contributed by atoms with van der Waals surface area (Å²) in [5.41, 5.74) is 4.11. The molecular formula is C14H18BNO4S. The van der Waals surface area contributed by atoms with Gasteiger partial charge in [-0.1, -0.05) is 12.1 Å². The number of hydrogen-bond donors (Lipinski definition) is 2. The SMILES string of the molecule is COc1ccc(COCCc2scnc2C)cc1B(O)O. The van der Waals surface area contributed by atoms with Crippen molar-refractivity contribution in [2.75, 3.05) is 13.7 Å². The molecular weight excluding hydrogens is 289 g/mol. The van der Waals surface area contributed by atoms with Gasteiger partial charge in [-0.05, 0) is 18.6 Å². The lowest BCUT2D eigenvalue weighted by Gasteiger charge is -2.10. The van der Waals surface area contributed by atoms with Crippen molar-refractivity contribution in [3.8, 4) is 5.75 Å². The minimum absolute atomic E-state index is 0.344. The lowest BCUT2D eigenvalue weighted by atomic mass is 9.79. The number of hydrogen-bond acceptors (Lipinski definition) is 6. The minimum Gasteiger partial charge on any atom is -0.497 e. The maximum absolute atomic E-state index is 9.32. The highest BCUT2D eigenvalue weighted by atomic mass is 32.1. The van der Waals surface area contributed by atoms with Gasteiger partial charge in [-0.2, -0.15) is 0 Å². The van der Waals surface area contributed by atoms with Gasteiger partial charge >= 0.3 is 7.12 Å². The summed E-state index contributed by atoms with van der Waals surface area (Å²) in [4.78, 5) is 5.43. The van der Waals surface area contributed by atoms with Crippen molar-refractivity contribution < 1.29 is 19.5 Å². The third kappa shape index (κ3) is 4.28. The molecule has 7 heteroatoms. The van der Waals surface area contributed by atoms with Crippen LogP contribution < -0.4 is 10.2 Å². The van der Waals surface area contributed by atoms with Crippen LogP contribution in [-0.4, -0.2) is 35.9 Å². The van der Waals surface area contributed by atoms with Gasteiger partial charge in [-0.3, -0.25) is 0 Å². The topological polar surface area (TPSA) is 71.8 Å². The number of rotatable bonds is 7. The van der Waals surface area contributed by atoms with Crippen LogP contribution in [0.1, 0.15) is 16.1 Å². The van der Waals surface area contributed by atoms with E-state index in [0.29, 0.717) is 24.4 Å². The molecule has 2 aromatic rings. The standard InChI is InChI=1S/C14H18BNO4S/c1-10-14(21-9-16-10)5-6-20-8-11-3-4-13(19-2)12(7-11)15(17)18/h3-4,7,9,17-18H,5-6,8H2,1-2H3. The van der Waals surface area contributed by atoms with Crippen LogP contribution in [0.3, 0.4) is 0 Å². The number of benzene rings is 1. The van der Waals surface area contributed by atoms with E-state index in [2.05, 4.69) is 4.98 Å². The van der Waals surface area contributed by atoms with E-state index < -0.39 is 7.12 Å². The monoisotopic (exact) mass is 307 g/mol. The number of nitrogens with zero attached hydrogens (tertiary/aromatic N) is 1. The zero-order chi connectivity index (χ0) is 15.2. The van der Waals surface area contributed by atoms with E-state index in [1.807, 2.05) is 18.5 Å². The van der Waals surface area contributed by atoms with Crippen molar-refractivity contribution >= 4 is 23.9 Å². The van der Waals surface area contributed by atoms with Gasteiger partial charge in [0.15, 0.2) is 0 Å². The third-order valence-corrected chi connectivity index (χ3v) is 4.15. The molecule has 0 aliphatic heterocycles. The second-order valence-electron chi connectivity index (χ2n) is 4.61. The quantitative estimate of drug-likeness (QED) is 0.587. The molecule has 5 nitrogen and oxygen atoms in total. The van der Waals surface area contributed by atoms with E-state index in [4.69, 9.17) is 9.47 Å². The van der Waals surface area contributed by atoms with Crippen LogP contribution in [0.15, 0.2) is 23.7 Å². The molecule has 0 saturated heterocycles. The lowest BCUT2D eigenvalue weighted by molar-refractivity contribution is 0.124. The average Bonchev–Trinajstić information content (AvgIpc) is 2.88. The van der Waals surface area contributed by atoms with Crippen LogP contribution in [-0.2, 0) is 17.8 Å². The van der Waals surface area contributed by atoms with E-state index in [-0.39, 0.29) is 0 Å². The highest BCUT2D eigenvalue weighted by Gasteiger charge is 2.17. The summed E-state index contributed by atoms with van der Waals surface area (Å²) in [5, 5.41) is 18.6. The molecule has 0 aliphatic carbocycles. The number of thiazole rings is 1. The first-order chi connectivity index (χ1) is 10.1. The van der Waals surface area contributed by atoms with Gasteiger partial charge in [-0.25, -0.2) is 4.98 Å². The van der Waals surface area contributed by atoms with Gasteiger partial charge in [0.2, 0.25) is 0 Å². The van der Waals surface area contributed by atoms with Crippen molar-refractivity contribution in [1.29, 1.82) is 0 Å². The Labute approximate surface area is 128 Å². The predicted octanol–water partition coefficient (Wildman–Crippen LogP) is 0.899. The number of aryl methyl sites for hydroxylation is 1. The first-order valence-corrected chi connectivity index (χ1v) is 7.49. The molecule has 1 aromatic carbocycles. The second kappa shape index (κ2) is 7.56. The first-order valence-electron chi connectivity index (χ1n) is 6.61. The summed E-state index contributed by atoms with van der Waals surface area (Å²) in [6, 6.07) is 5.24. The Morgan fingerprint density at radius 1 is 1.33 bits per heavy atom. The molecule has 0 bridgehead atoms. The van der Waals surface area contributed by atoms with E-state index in [1.54, 1.807) is 23.5 Å². The Morgan fingerprint density at radius 3 is 2.76 bits per heavy atom. The third-order valence-electron chi connectivity index (χ3n) is 3.16. The normalized spacial score (nSPS) is 10.7. The van der Waals surface area contributed by atoms with Crippen molar-refractivity contribution in [1.82, 2.24) is 4.98 Å². The van der Waals surface area contributed by atoms with Gasteiger partial charge in [-0.15, -0.1) is 11.3 Å². The predicted molar refractivity (Wildman–Crippen MR) is 83.0 cm³/mol. The summed E-state index contributed by atoms with van der Waals surface area (Å²) < 4.78 is 10.7. The molecule has 0 aliphatic rings. The van der Waals surface area contributed by atoms with Gasteiger partial charge in [0.25, 0.3) is 0 Å². The molecule has 112 valence electrons. The van der Waals surface area contributed by atoms with Crippen molar-refractivity contribution in [3.05, 3.63) is 39.8 Å². The van der Waals surface area contributed by atoms with Crippen LogP contribution in [0.2, 0.25) is 0 Å². The number of aromatic nitrogens is 1. The molecule has 2 N–H and O–H groups in total. The zero-order valence-electron chi connectivity index (χ0n) is 12.1.